The molecule has 0 bridgehead atoms. The number of hydrogen-bond donors (Lipinski definition) is 0. The number of thioether (sulfide) groups is 1. The van der Waals surface area contributed by atoms with Gasteiger partial charge in [0.2, 0.25) is 11.3 Å². The lowest BCUT2D eigenvalue weighted by Crippen LogP contribution is -2.19. The lowest BCUT2D eigenvalue weighted by molar-refractivity contribution is -0.112. The Hall–Kier alpha value is -2.94. The molecule has 0 radical (unpaired) electrons. The number of hydrogen-bond acceptors (Lipinski definition) is 6. The minimum Gasteiger partial charge on any atom is -0.460 e. The quantitative estimate of drug-likeness (QED) is 0.316. The van der Waals surface area contributed by atoms with E-state index in [0.29, 0.717) is 18.1 Å². The summed E-state index contributed by atoms with van der Waals surface area (Å²) in [5.74, 6) is 0.893. The monoisotopic (exact) mass is 449 g/mol. The maximum absolute atomic E-state index is 14.3. The molecule has 0 saturated carbocycles. The van der Waals surface area contributed by atoms with Crippen LogP contribution < -0.4 is 4.74 Å². The van der Waals surface area contributed by atoms with E-state index in [1.165, 1.54) is 23.9 Å². The van der Waals surface area contributed by atoms with Crippen LogP contribution in [0.4, 0.5) is 4.39 Å². The van der Waals surface area contributed by atoms with Gasteiger partial charge in [-0.2, -0.15) is 0 Å². The van der Waals surface area contributed by atoms with E-state index < -0.39 is 6.29 Å². The van der Waals surface area contributed by atoms with Crippen LogP contribution in [0, 0.1) is 5.82 Å². The first-order valence-corrected chi connectivity index (χ1v) is 11.6. The Bertz CT molecular complexity index is 1400. The predicted molar refractivity (Wildman–Crippen MR) is 119 cm³/mol. The van der Waals surface area contributed by atoms with Crippen molar-refractivity contribution in [1.29, 1.82) is 0 Å². The fourth-order valence-electron chi connectivity index (χ4n) is 3.75. The maximum Gasteiger partial charge on any atom is 0.227 e. The molecule has 0 saturated heterocycles. The Morgan fingerprint density at radius 1 is 1.06 bits per heavy atom. The van der Waals surface area contributed by atoms with Gasteiger partial charge in [0, 0.05) is 22.4 Å². The fraction of sp³-hybridized carbons (Fsp3) is 0.130. The molecule has 1 aliphatic heterocycles. The lowest BCUT2D eigenvalue weighted by atomic mass is 10.1. The average molecular weight is 450 g/mol. The molecule has 0 spiro atoms. The number of ether oxygens (including phenoxy) is 2. The van der Waals surface area contributed by atoms with Crippen LogP contribution in [-0.2, 0) is 17.1 Å². The van der Waals surface area contributed by atoms with E-state index in [1.54, 1.807) is 11.3 Å². The summed E-state index contributed by atoms with van der Waals surface area (Å²) < 4.78 is 29.5. The van der Waals surface area contributed by atoms with Gasteiger partial charge < -0.3 is 9.47 Å². The molecule has 6 rings (SSSR count). The van der Waals surface area contributed by atoms with Gasteiger partial charge in [-0.25, -0.2) is 4.39 Å². The number of aromatic nitrogens is 3. The molecule has 154 valence electrons. The topological polar surface area (TPSA) is 48.7 Å². The molecule has 8 heteroatoms. The standard InChI is InChI=1S/C23H16FN3O2S2/c24-17-10-15-12-28-21(14-6-2-1-3-7-14)29-20(15)16(11-17)13-30-22-25-26-23-27(22)18-8-4-5-9-19(18)31-23/h1-11,21H,12-13H2. The second-order valence-corrected chi connectivity index (χ2v) is 9.14. The zero-order valence-corrected chi connectivity index (χ0v) is 17.8. The van der Waals surface area contributed by atoms with Gasteiger partial charge in [0.15, 0.2) is 5.16 Å². The van der Waals surface area contributed by atoms with Gasteiger partial charge in [0.05, 0.1) is 16.8 Å². The molecule has 3 aromatic carbocycles. The van der Waals surface area contributed by atoms with Crippen LogP contribution in [0.25, 0.3) is 15.2 Å². The third kappa shape index (κ3) is 3.37. The predicted octanol–water partition coefficient (Wildman–Crippen LogP) is 5.98. The van der Waals surface area contributed by atoms with Crippen LogP contribution in [0.15, 0.2) is 71.9 Å². The molecule has 5 aromatic rings. The summed E-state index contributed by atoms with van der Waals surface area (Å²) in [7, 11) is 0. The van der Waals surface area contributed by atoms with E-state index in [-0.39, 0.29) is 5.82 Å². The molecule has 0 fully saturated rings. The Kier molecular flexibility index (Phi) is 4.63. The summed E-state index contributed by atoms with van der Waals surface area (Å²) in [6.45, 7) is 0.300. The Labute approximate surface area is 185 Å². The smallest absolute Gasteiger partial charge is 0.227 e. The number of fused-ring (bicyclic) bond motifs is 4. The van der Waals surface area contributed by atoms with Gasteiger partial charge >= 0.3 is 0 Å². The van der Waals surface area contributed by atoms with Crippen molar-refractivity contribution < 1.29 is 13.9 Å². The minimum atomic E-state index is -0.511. The van der Waals surface area contributed by atoms with E-state index in [4.69, 9.17) is 9.47 Å². The van der Waals surface area contributed by atoms with Crippen molar-refractivity contribution in [2.75, 3.05) is 0 Å². The first kappa shape index (κ1) is 18.8. The van der Waals surface area contributed by atoms with Gasteiger partial charge in [0.1, 0.15) is 11.6 Å². The molecule has 2 aromatic heterocycles. The van der Waals surface area contributed by atoms with Crippen LogP contribution in [0.5, 0.6) is 5.75 Å². The fourth-order valence-corrected chi connectivity index (χ4v) is 5.68. The summed E-state index contributed by atoms with van der Waals surface area (Å²) in [4.78, 5) is 0.846. The van der Waals surface area contributed by atoms with Crippen LogP contribution in [0.3, 0.4) is 0 Å². The molecule has 0 amide bonds. The third-order valence-electron chi connectivity index (χ3n) is 5.16. The van der Waals surface area contributed by atoms with E-state index >= 15 is 0 Å². The highest BCUT2D eigenvalue weighted by molar-refractivity contribution is 7.98. The highest BCUT2D eigenvalue weighted by atomic mass is 32.2. The number of para-hydroxylation sites is 1. The zero-order valence-electron chi connectivity index (χ0n) is 16.2. The van der Waals surface area contributed by atoms with Gasteiger partial charge in [-0.3, -0.25) is 4.40 Å². The Balaban J connectivity index is 1.32. The Morgan fingerprint density at radius 2 is 1.90 bits per heavy atom. The van der Waals surface area contributed by atoms with Crippen molar-refractivity contribution in [3.8, 4) is 5.75 Å². The molecule has 3 heterocycles. The van der Waals surface area contributed by atoms with Gasteiger partial charge in [0.25, 0.3) is 0 Å². The van der Waals surface area contributed by atoms with Crippen molar-refractivity contribution in [2.24, 2.45) is 0 Å². The summed E-state index contributed by atoms with van der Waals surface area (Å²) in [6.07, 6.45) is -0.511. The van der Waals surface area contributed by atoms with Crippen molar-refractivity contribution in [3.63, 3.8) is 0 Å². The van der Waals surface area contributed by atoms with E-state index in [2.05, 4.69) is 22.3 Å². The molecular weight excluding hydrogens is 433 g/mol. The molecule has 5 nitrogen and oxygen atoms in total. The van der Waals surface area contributed by atoms with Crippen LogP contribution in [-0.4, -0.2) is 14.6 Å². The first-order valence-electron chi connectivity index (χ1n) is 9.76. The number of halogens is 1. The van der Waals surface area contributed by atoms with Gasteiger partial charge in [-0.05, 0) is 24.3 Å². The van der Waals surface area contributed by atoms with Crippen LogP contribution in [0.1, 0.15) is 23.0 Å². The zero-order chi connectivity index (χ0) is 20.8. The van der Waals surface area contributed by atoms with Gasteiger partial charge in [-0.1, -0.05) is 65.6 Å². The number of benzene rings is 3. The molecular formula is C23H16FN3O2S2. The van der Waals surface area contributed by atoms with Crippen molar-refractivity contribution in [2.45, 2.75) is 23.8 Å². The van der Waals surface area contributed by atoms with E-state index in [0.717, 1.165) is 37.0 Å². The average Bonchev–Trinajstić information content (AvgIpc) is 3.37. The lowest BCUT2D eigenvalue weighted by Gasteiger charge is -2.28. The normalized spacial score (nSPS) is 15.8. The second kappa shape index (κ2) is 7.64. The molecule has 0 N–H and O–H groups in total. The maximum atomic E-state index is 14.3. The molecule has 1 atom stereocenters. The summed E-state index contributed by atoms with van der Waals surface area (Å²) in [5.41, 5.74) is 3.50. The molecule has 1 unspecified atom stereocenters. The summed E-state index contributed by atoms with van der Waals surface area (Å²) in [5, 5.41) is 9.43. The van der Waals surface area contributed by atoms with Crippen molar-refractivity contribution in [1.82, 2.24) is 14.6 Å². The number of thiazole rings is 1. The summed E-state index contributed by atoms with van der Waals surface area (Å²) >= 11 is 3.12. The van der Waals surface area contributed by atoms with Gasteiger partial charge in [-0.15, -0.1) is 10.2 Å². The van der Waals surface area contributed by atoms with E-state index in [9.17, 15) is 4.39 Å². The van der Waals surface area contributed by atoms with Crippen molar-refractivity contribution >= 4 is 38.3 Å². The highest BCUT2D eigenvalue weighted by Crippen LogP contribution is 2.39. The van der Waals surface area contributed by atoms with Crippen molar-refractivity contribution in [3.05, 3.63) is 89.2 Å². The summed E-state index contributed by atoms with van der Waals surface area (Å²) in [6, 6.07) is 20.9. The Morgan fingerprint density at radius 3 is 2.81 bits per heavy atom. The number of rotatable bonds is 4. The largest absolute Gasteiger partial charge is 0.460 e. The first-order chi connectivity index (χ1) is 15.3. The minimum absolute atomic E-state index is 0.299. The van der Waals surface area contributed by atoms with E-state index in [1.807, 2.05) is 46.9 Å². The SMILES string of the molecule is Fc1cc2c(c(CSc3nnc4sc5ccccc5n34)c1)OC(c1ccccc1)OC2. The van der Waals surface area contributed by atoms with Crippen LogP contribution in [0.2, 0.25) is 0 Å². The molecule has 31 heavy (non-hydrogen) atoms. The van der Waals surface area contributed by atoms with Crippen LogP contribution >= 0.6 is 23.1 Å². The molecule has 1 aliphatic rings. The highest BCUT2D eigenvalue weighted by Gasteiger charge is 2.25. The number of nitrogens with zero attached hydrogens (tertiary/aromatic N) is 3. The second-order valence-electron chi connectivity index (χ2n) is 7.18. The molecule has 0 aliphatic carbocycles. The third-order valence-corrected chi connectivity index (χ3v) is 7.15.